The van der Waals surface area contributed by atoms with E-state index in [-0.39, 0.29) is 11.7 Å². The quantitative estimate of drug-likeness (QED) is 0.707. The zero-order valence-corrected chi connectivity index (χ0v) is 11.3. The van der Waals surface area contributed by atoms with Crippen molar-refractivity contribution in [3.8, 4) is 0 Å². The van der Waals surface area contributed by atoms with Crippen molar-refractivity contribution in [1.29, 1.82) is 0 Å². The molecule has 0 atom stereocenters. The van der Waals surface area contributed by atoms with Gasteiger partial charge in [-0.3, -0.25) is 9.48 Å². The number of methoxy groups -OCH3 is 1. The van der Waals surface area contributed by atoms with E-state index in [1.54, 1.807) is 11.8 Å². The third-order valence-corrected chi connectivity index (χ3v) is 3.17. The van der Waals surface area contributed by atoms with E-state index in [1.807, 2.05) is 13.8 Å². The van der Waals surface area contributed by atoms with E-state index in [1.165, 1.54) is 6.20 Å². The zero-order valence-electron chi connectivity index (χ0n) is 10.6. The highest BCUT2D eigenvalue weighted by atomic mass is 35.5. The summed E-state index contributed by atoms with van der Waals surface area (Å²) in [6, 6.07) is 0. The van der Waals surface area contributed by atoms with E-state index < -0.39 is 0 Å². The topological polar surface area (TPSA) is 44.1 Å². The first-order valence-electron chi connectivity index (χ1n) is 5.90. The van der Waals surface area contributed by atoms with E-state index in [4.69, 9.17) is 16.3 Å². The molecule has 0 saturated carbocycles. The molecule has 0 saturated heterocycles. The van der Waals surface area contributed by atoms with Crippen LogP contribution >= 0.6 is 11.6 Å². The standard InChI is InChI=1S/C12H19ClN2O2/c1-4-9(5-2)12(16)11-10(13)8-14-15(11)6-7-17-3/h8-9H,4-7H2,1-3H3. The summed E-state index contributed by atoms with van der Waals surface area (Å²) >= 11 is 6.03. The van der Waals surface area contributed by atoms with Crippen LogP contribution < -0.4 is 0 Å². The Morgan fingerprint density at radius 1 is 1.53 bits per heavy atom. The monoisotopic (exact) mass is 258 g/mol. The van der Waals surface area contributed by atoms with Gasteiger partial charge in [0.25, 0.3) is 0 Å². The maximum atomic E-state index is 12.3. The summed E-state index contributed by atoms with van der Waals surface area (Å²) in [7, 11) is 1.62. The Hall–Kier alpha value is -0.870. The van der Waals surface area contributed by atoms with Crippen LogP contribution in [0.3, 0.4) is 0 Å². The number of ketones is 1. The second-order valence-electron chi connectivity index (χ2n) is 3.93. The largest absolute Gasteiger partial charge is 0.383 e. The van der Waals surface area contributed by atoms with Crippen LogP contribution in [0.15, 0.2) is 6.20 Å². The molecule has 0 aliphatic rings. The van der Waals surface area contributed by atoms with Crippen molar-refractivity contribution < 1.29 is 9.53 Å². The van der Waals surface area contributed by atoms with Gasteiger partial charge in [0.2, 0.25) is 0 Å². The first-order chi connectivity index (χ1) is 8.15. The molecule has 96 valence electrons. The highest BCUT2D eigenvalue weighted by Gasteiger charge is 2.23. The fourth-order valence-corrected chi connectivity index (χ4v) is 2.04. The fraction of sp³-hybridized carbons (Fsp3) is 0.667. The number of carbonyl (C=O) groups is 1. The normalized spacial score (nSPS) is 11.1. The summed E-state index contributed by atoms with van der Waals surface area (Å²) in [6.45, 7) is 5.08. The Labute approximate surface area is 107 Å². The van der Waals surface area contributed by atoms with Gasteiger partial charge >= 0.3 is 0 Å². The summed E-state index contributed by atoms with van der Waals surface area (Å²) in [5, 5.41) is 4.54. The molecule has 1 aromatic heterocycles. The molecule has 1 aromatic rings. The maximum Gasteiger partial charge on any atom is 0.185 e. The Balaban J connectivity index is 2.94. The summed E-state index contributed by atoms with van der Waals surface area (Å²) in [5.41, 5.74) is 0.511. The maximum absolute atomic E-state index is 12.3. The summed E-state index contributed by atoms with van der Waals surface area (Å²) in [6.07, 6.45) is 3.16. The minimum absolute atomic E-state index is 0.0190. The molecule has 0 radical (unpaired) electrons. The molecule has 0 unspecified atom stereocenters. The van der Waals surface area contributed by atoms with Crippen molar-refractivity contribution in [2.45, 2.75) is 33.2 Å². The van der Waals surface area contributed by atoms with Gasteiger partial charge in [-0.15, -0.1) is 0 Å². The second kappa shape index (κ2) is 6.77. The number of ether oxygens (including phenoxy) is 1. The molecule has 0 N–H and O–H groups in total. The highest BCUT2D eigenvalue weighted by molar-refractivity contribution is 6.33. The van der Waals surface area contributed by atoms with Crippen molar-refractivity contribution in [1.82, 2.24) is 9.78 Å². The minimum Gasteiger partial charge on any atom is -0.383 e. The predicted molar refractivity (Wildman–Crippen MR) is 67.5 cm³/mol. The highest BCUT2D eigenvalue weighted by Crippen LogP contribution is 2.22. The molecular formula is C12H19ClN2O2. The number of halogens is 1. The molecule has 0 amide bonds. The lowest BCUT2D eigenvalue weighted by Gasteiger charge is -2.13. The summed E-state index contributed by atoms with van der Waals surface area (Å²) in [5.74, 6) is 0.0964. The minimum atomic E-state index is 0.0190. The Kier molecular flexibility index (Phi) is 5.65. The molecule has 0 fully saturated rings. The Morgan fingerprint density at radius 2 is 2.18 bits per heavy atom. The SMILES string of the molecule is CCC(CC)C(=O)c1c(Cl)cnn1CCOC. The van der Waals surface area contributed by atoms with Crippen LogP contribution in [0.25, 0.3) is 0 Å². The van der Waals surface area contributed by atoms with Crippen LogP contribution in [0, 0.1) is 5.92 Å². The number of rotatable bonds is 7. The van der Waals surface area contributed by atoms with Gasteiger partial charge in [-0.05, 0) is 12.8 Å². The first kappa shape index (κ1) is 14.2. The van der Waals surface area contributed by atoms with E-state index in [2.05, 4.69) is 5.10 Å². The molecule has 1 rings (SSSR count). The zero-order chi connectivity index (χ0) is 12.8. The van der Waals surface area contributed by atoms with Crippen LogP contribution in [-0.2, 0) is 11.3 Å². The van der Waals surface area contributed by atoms with E-state index >= 15 is 0 Å². The Bertz CT molecular complexity index is 373. The number of carbonyl (C=O) groups excluding carboxylic acids is 1. The lowest BCUT2D eigenvalue weighted by atomic mass is 9.96. The average Bonchev–Trinajstić information content (AvgIpc) is 2.69. The smallest absolute Gasteiger partial charge is 0.185 e. The first-order valence-corrected chi connectivity index (χ1v) is 6.27. The van der Waals surface area contributed by atoms with Crippen molar-refractivity contribution in [3.05, 3.63) is 16.9 Å². The van der Waals surface area contributed by atoms with Gasteiger partial charge in [-0.2, -0.15) is 5.10 Å². The molecular weight excluding hydrogens is 240 g/mol. The van der Waals surface area contributed by atoms with Gasteiger partial charge in [0.15, 0.2) is 5.78 Å². The molecule has 17 heavy (non-hydrogen) atoms. The van der Waals surface area contributed by atoms with Gasteiger partial charge in [-0.25, -0.2) is 0 Å². The van der Waals surface area contributed by atoms with Crippen molar-refractivity contribution in [2.24, 2.45) is 5.92 Å². The lowest BCUT2D eigenvalue weighted by molar-refractivity contribution is 0.0899. The van der Waals surface area contributed by atoms with Gasteiger partial charge < -0.3 is 4.74 Å². The van der Waals surface area contributed by atoms with Crippen molar-refractivity contribution >= 4 is 17.4 Å². The lowest BCUT2D eigenvalue weighted by Crippen LogP contribution is -2.20. The number of hydrogen-bond acceptors (Lipinski definition) is 3. The van der Waals surface area contributed by atoms with Crippen LogP contribution in [0.2, 0.25) is 5.02 Å². The average molecular weight is 259 g/mol. The van der Waals surface area contributed by atoms with Crippen LogP contribution in [0.5, 0.6) is 0 Å². The second-order valence-corrected chi connectivity index (χ2v) is 4.34. The summed E-state index contributed by atoms with van der Waals surface area (Å²) in [4.78, 5) is 12.3. The number of hydrogen-bond donors (Lipinski definition) is 0. The van der Waals surface area contributed by atoms with E-state index in [0.717, 1.165) is 12.8 Å². The molecule has 0 aromatic carbocycles. The fourth-order valence-electron chi connectivity index (χ4n) is 1.81. The molecule has 1 heterocycles. The van der Waals surface area contributed by atoms with Gasteiger partial charge in [0.05, 0.1) is 24.4 Å². The van der Waals surface area contributed by atoms with E-state index in [0.29, 0.717) is 23.9 Å². The van der Waals surface area contributed by atoms with Crippen LogP contribution in [0.4, 0.5) is 0 Å². The van der Waals surface area contributed by atoms with Crippen LogP contribution in [0.1, 0.15) is 37.2 Å². The van der Waals surface area contributed by atoms with Crippen molar-refractivity contribution in [2.75, 3.05) is 13.7 Å². The molecule has 5 heteroatoms. The van der Waals surface area contributed by atoms with Gasteiger partial charge in [0.1, 0.15) is 5.69 Å². The molecule has 0 aliphatic carbocycles. The predicted octanol–water partition coefficient (Wildman–Crippen LogP) is 2.80. The third-order valence-electron chi connectivity index (χ3n) is 2.89. The van der Waals surface area contributed by atoms with E-state index in [9.17, 15) is 4.79 Å². The van der Waals surface area contributed by atoms with Crippen molar-refractivity contribution in [3.63, 3.8) is 0 Å². The van der Waals surface area contributed by atoms with Gasteiger partial charge in [-0.1, -0.05) is 25.4 Å². The number of Topliss-reactive ketones (excluding diaryl/α,β-unsaturated/α-hetero) is 1. The molecule has 0 spiro atoms. The number of aromatic nitrogens is 2. The molecule has 0 aliphatic heterocycles. The summed E-state index contributed by atoms with van der Waals surface area (Å²) < 4.78 is 6.62. The van der Waals surface area contributed by atoms with Gasteiger partial charge in [0, 0.05) is 13.0 Å². The Morgan fingerprint density at radius 3 is 2.71 bits per heavy atom. The molecule has 0 bridgehead atoms. The van der Waals surface area contributed by atoms with Crippen LogP contribution in [-0.4, -0.2) is 29.3 Å². The molecule has 4 nitrogen and oxygen atoms in total. The third kappa shape index (κ3) is 3.30. The number of nitrogens with zero attached hydrogens (tertiary/aromatic N) is 2.